The van der Waals surface area contributed by atoms with Crippen molar-refractivity contribution >= 4 is 24.2 Å². The summed E-state index contributed by atoms with van der Waals surface area (Å²) in [6.07, 6.45) is 0. The first-order valence-corrected chi connectivity index (χ1v) is 6.71. The van der Waals surface area contributed by atoms with Crippen molar-refractivity contribution in [2.45, 2.75) is 0 Å². The highest BCUT2D eigenvalue weighted by Crippen LogP contribution is 2.07. The molecule has 0 aromatic heterocycles. The van der Waals surface area contributed by atoms with Gasteiger partial charge >= 0.3 is 23.4 Å². The van der Waals surface area contributed by atoms with Gasteiger partial charge in [-0.05, 0) is 12.1 Å². The summed E-state index contributed by atoms with van der Waals surface area (Å²) in [4.78, 5) is 11.1. The molecule has 0 spiro atoms. The third kappa shape index (κ3) is 3.76. The Balaban J connectivity index is 2.82. The lowest BCUT2D eigenvalue weighted by molar-refractivity contribution is -0.382. The van der Waals surface area contributed by atoms with Gasteiger partial charge < -0.3 is 0 Å². The largest absolute Gasteiger partial charge is 0.483 e. The maximum absolute atomic E-state index is 11.1. The van der Waals surface area contributed by atoms with Crippen LogP contribution in [-0.4, -0.2) is 13.7 Å². The van der Waals surface area contributed by atoms with E-state index >= 15 is 0 Å². The molecular formula is C7H5Cl2O3S+. The SMILES string of the molecule is O=C([Cl+]S(=O)(=O)Cl)c1ccccc1. The van der Waals surface area contributed by atoms with Crippen LogP contribution < -0.4 is 0 Å². The van der Waals surface area contributed by atoms with Gasteiger partial charge in [-0.1, -0.05) is 18.2 Å². The van der Waals surface area contributed by atoms with Crippen LogP contribution in [0.4, 0.5) is 0 Å². The average Bonchev–Trinajstić information content (AvgIpc) is 2.03. The van der Waals surface area contributed by atoms with Crippen molar-refractivity contribution in [2.24, 2.45) is 0 Å². The van der Waals surface area contributed by atoms with Gasteiger partial charge in [0.25, 0.3) is 0 Å². The highest BCUT2D eigenvalue weighted by molar-refractivity contribution is 8.08. The summed E-state index contributed by atoms with van der Waals surface area (Å²) in [5, 5.41) is -0.629. The fourth-order valence-electron chi connectivity index (χ4n) is 0.697. The number of rotatable bonds is 3. The number of carbonyl (C=O) groups excluding carboxylic acids is 1. The molecule has 0 bridgehead atoms. The van der Waals surface area contributed by atoms with Crippen LogP contribution in [0.5, 0.6) is 0 Å². The van der Waals surface area contributed by atoms with E-state index in [9.17, 15) is 13.2 Å². The van der Waals surface area contributed by atoms with Gasteiger partial charge in [0, 0.05) is 0 Å². The van der Waals surface area contributed by atoms with E-state index in [1.807, 2.05) is 0 Å². The zero-order valence-corrected chi connectivity index (χ0v) is 8.60. The zero-order valence-electron chi connectivity index (χ0n) is 6.28. The molecule has 1 rings (SSSR count). The molecule has 0 fully saturated rings. The van der Waals surface area contributed by atoms with E-state index in [-0.39, 0.29) is 0 Å². The fraction of sp³-hybridized carbons (Fsp3) is 0. The molecule has 0 aliphatic carbocycles. The molecular weight excluding hydrogens is 235 g/mol. The predicted molar refractivity (Wildman–Crippen MR) is 45.5 cm³/mol. The van der Waals surface area contributed by atoms with Crippen LogP contribution in [0.25, 0.3) is 0 Å². The van der Waals surface area contributed by atoms with Gasteiger partial charge in [0.15, 0.2) is 0 Å². The average molecular weight is 240 g/mol. The maximum Gasteiger partial charge on any atom is 0.483 e. The Morgan fingerprint density at radius 2 is 1.77 bits per heavy atom. The number of benzene rings is 1. The summed E-state index contributed by atoms with van der Waals surface area (Å²) in [7, 11) is 1.60. The Kier molecular flexibility index (Phi) is 3.30. The lowest BCUT2D eigenvalue weighted by Crippen LogP contribution is -2.06. The number of hydrogen-bond acceptors (Lipinski definition) is 3. The molecule has 0 aliphatic heterocycles. The minimum absolute atomic E-state index is 0.292. The summed E-state index contributed by atoms with van der Waals surface area (Å²) in [6.45, 7) is 0. The minimum atomic E-state index is -3.89. The maximum atomic E-state index is 11.1. The van der Waals surface area contributed by atoms with E-state index in [1.54, 1.807) is 18.2 Å². The molecule has 6 heteroatoms. The first-order valence-electron chi connectivity index (χ1n) is 3.20. The predicted octanol–water partition coefficient (Wildman–Crippen LogP) is 1.40. The Bertz CT molecular complexity index is 399. The van der Waals surface area contributed by atoms with Gasteiger partial charge in [-0.2, -0.15) is 8.42 Å². The smallest absolute Gasteiger partial charge is 0.218 e. The molecule has 0 unspecified atom stereocenters. The van der Waals surface area contributed by atoms with Gasteiger partial charge in [0.05, 0.1) is 16.2 Å². The van der Waals surface area contributed by atoms with Crippen LogP contribution in [0.2, 0.25) is 0 Å². The van der Waals surface area contributed by atoms with E-state index in [4.69, 9.17) is 10.7 Å². The molecule has 0 saturated heterocycles. The normalized spacial score (nSPS) is 11.2. The third-order valence-electron chi connectivity index (χ3n) is 1.16. The van der Waals surface area contributed by atoms with Crippen molar-refractivity contribution < 1.29 is 23.1 Å². The van der Waals surface area contributed by atoms with E-state index in [0.29, 0.717) is 15.4 Å². The molecule has 70 valence electrons. The molecule has 13 heavy (non-hydrogen) atoms. The highest BCUT2D eigenvalue weighted by atomic mass is 36.0. The van der Waals surface area contributed by atoms with Gasteiger partial charge in [-0.25, -0.2) is 4.79 Å². The second-order valence-corrected chi connectivity index (χ2v) is 6.72. The van der Waals surface area contributed by atoms with E-state index in [0.717, 1.165) is 0 Å². The monoisotopic (exact) mass is 239 g/mol. The van der Waals surface area contributed by atoms with E-state index in [2.05, 4.69) is 0 Å². The van der Waals surface area contributed by atoms with Gasteiger partial charge in [-0.3, -0.25) is 0 Å². The molecule has 0 saturated carbocycles. The van der Waals surface area contributed by atoms with Crippen molar-refractivity contribution in [1.29, 1.82) is 0 Å². The Morgan fingerprint density at radius 3 is 2.23 bits per heavy atom. The van der Waals surface area contributed by atoms with Gasteiger partial charge in [-0.15, -0.1) is 0 Å². The number of halogens is 2. The number of carbonyl (C=O) groups is 1. The van der Waals surface area contributed by atoms with Crippen molar-refractivity contribution in [2.75, 3.05) is 0 Å². The van der Waals surface area contributed by atoms with E-state index in [1.165, 1.54) is 12.1 Å². The van der Waals surface area contributed by atoms with Crippen LogP contribution in [0, 0.1) is 9.88 Å². The molecule has 1 aromatic rings. The topological polar surface area (TPSA) is 51.2 Å². The first kappa shape index (κ1) is 10.5. The summed E-state index contributed by atoms with van der Waals surface area (Å²) in [5.74, 6) is 0. The van der Waals surface area contributed by atoms with Gasteiger partial charge in [0.1, 0.15) is 0 Å². The molecule has 0 amide bonds. The first-order chi connectivity index (χ1) is 5.99. The molecule has 1 aromatic carbocycles. The second-order valence-electron chi connectivity index (χ2n) is 2.10. The lowest BCUT2D eigenvalue weighted by Gasteiger charge is -1.84. The standard InChI is InChI=1S/C7H5Cl2O3S/c8-13(11,12)9-7(10)6-4-2-1-3-5-6/h1-5H/q+1. The molecule has 0 N–H and O–H groups in total. The Hall–Kier alpha value is -0.580. The van der Waals surface area contributed by atoms with Crippen LogP contribution in [0.15, 0.2) is 30.3 Å². The quantitative estimate of drug-likeness (QED) is 0.750. The number of hydrogen-bond donors (Lipinski definition) is 0. The minimum Gasteiger partial charge on any atom is -0.218 e. The third-order valence-corrected chi connectivity index (χ3v) is 3.20. The fourth-order valence-corrected chi connectivity index (χ4v) is 2.33. The molecule has 0 radical (unpaired) electrons. The molecule has 0 heterocycles. The summed E-state index contributed by atoms with van der Waals surface area (Å²) < 4.78 is 21.0. The van der Waals surface area contributed by atoms with Crippen LogP contribution >= 0.6 is 10.7 Å². The lowest BCUT2D eigenvalue weighted by atomic mass is 10.2. The van der Waals surface area contributed by atoms with Crippen LogP contribution in [0.3, 0.4) is 0 Å². The van der Waals surface area contributed by atoms with Crippen molar-refractivity contribution in [3.8, 4) is 0 Å². The van der Waals surface area contributed by atoms with Crippen molar-refractivity contribution in [3.63, 3.8) is 0 Å². The van der Waals surface area contributed by atoms with Crippen LogP contribution in [-0.2, 0) is 8.26 Å². The van der Waals surface area contributed by atoms with Crippen molar-refractivity contribution in [1.82, 2.24) is 0 Å². The Labute approximate surface area is 83.4 Å². The summed E-state index contributed by atoms with van der Waals surface area (Å²) in [6, 6.07) is 8.03. The van der Waals surface area contributed by atoms with Gasteiger partial charge in [0.2, 0.25) is 0 Å². The van der Waals surface area contributed by atoms with Crippen LogP contribution in [0.1, 0.15) is 10.4 Å². The van der Waals surface area contributed by atoms with E-state index < -0.39 is 13.5 Å². The Morgan fingerprint density at radius 1 is 1.23 bits per heavy atom. The highest BCUT2D eigenvalue weighted by Gasteiger charge is 2.34. The van der Waals surface area contributed by atoms with Crippen molar-refractivity contribution in [3.05, 3.63) is 35.9 Å². The second kappa shape index (κ2) is 4.09. The zero-order chi connectivity index (χ0) is 9.90. The molecule has 0 aliphatic rings. The molecule has 0 atom stereocenters. The summed E-state index contributed by atoms with van der Waals surface area (Å²) in [5.41, 5.74) is 0.292. The molecule has 3 nitrogen and oxygen atoms in total. The summed E-state index contributed by atoms with van der Waals surface area (Å²) >= 11 is 0.